The van der Waals surface area contributed by atoms with E-state index in [0.29, 0.717) is 12.5 Å². The Morgan fingerprint density at radius 3 is 2.95 bits per heavy atom. The lowest BCUT2D eigenvalue weighted by molar-refractivity contribution is -0.103. The van der Waals surface area contributed by atoms with Crippen molar-refractivity contribution < 1.29 is 13.9 Å². The van der Waals surface area contributed by atoms with Crippen LogP contribution in [-0.4, -0.2) is 25.4 Å². The van der Waals surface area contributed by atoms with Gasteiger partial charge >= 0.3 is 0 Å². The van der Waals surface area contributed by atoms with Crippen LogP contribution < -0.4 is 11.3 Å². The number of benzene rings is 1. The molecule has 21 heavy (non-hydrogen) atoms. The van der Waals surface area contributed by atoms with Crippen LogP contribution in [0.15, 0.2) is 18.2 Å². The summed E-state index contributed by atoms with van der Waals surface area (Å²) in [6, 6.07) is 4.92. The molecule has 2 aliphatic heterocycles. The van der Waals surface area contributed by atoms with E-state index >= 15 is 0 Å². The monoisotopic (exact) mass is 294 g/mol. The molecule has 0 amide bonds. The second-order valence-corrected chi connectivity index (χ2v) is 6.23. The van der Waals surface area contributed by atoms with Crippen LogP contribution in [-0.2, 0) is 9.47 Å². The van der Waals surface area contributed by atoms with Crippen LogP contribution in [0.5, 0.6) is 0 Å². The molecule has 1 aromatic rings. The van der Waals surface area contributed by atoms with Crippen LogP contribution in [0.4, 0.5) is 4.39 Å². The normalized spacial score (nSPS) is 30.7. The summed E-state index contributed by atoms with van der Waals surface area (Å²) in [7, 11) is 0. The Bertz CT molecular complexity index is 503. The van der Waals surface area contributed by atoms with E-state index in [1.807, 2.05) is 13.0 Å². The maximum Gasteiger partial charge on any atom is 0.123 e. The minimum Gasteiger partial charge on any atom is -0.378 e. The van der Waals surface area contributed by atoms with Gasteiger partial charge in [-0.15, -0.1) is 0 Å². The third-order valence-electron chi connectivity index (χ3n) is 4.82. The van der Waals surface area contributed by atoms with E-state index in [4.69, 9.17) is 15.3 Å². The lowest BCUT2D eigenvalue weighted by atomic mass is 9.78. The Morgan fingerprint density at radius 2 is 2.29 bits per heavy atom. The van der Waals surface area contributed by atoms with Crippen LogP contribution >= 0.6 is 0 Å². The van der Waals surface area contributed by atoms with Crippen molar-refractivity contribution in [3.8, 4) is 0 Å². The molecule has 0 saturated carbocycles. The smallest absolute Gasteiger partial charge is 0.123 e. The van der Waals surface area contributed by atoms with E-state index in [2.05, 4.69) is 5.43 Å². The largest absolute Gasteiger partial charge is 0.378 e. The predicted molar refractivity (Wildman–Crippen MR) is 78.0 cm³/mol. The van der Waals surface area contributed by atoms with Gasteiger partial charge < -0.3 is 9.47 Å². The van der Waals surface area contributed by atoms with Gasteiger partial charge in [-0.25, -0.2) is 4.39 Å². The molecule has 0 bridgehead atoms. The molecular formula is C16H23FN2O2. The molecule has 2 fully saturated rings. The second-order valence-electron chi connectivity index (χ2n) is 6.23. The summed E-state index contributed by atoms with van der Waals surface area (Å²) in [4.78, 5) is 0. The van der Waals surface area contributed by atoms with E-state index in [-0.39, 0.29) is 17.5 Å². The highest BCUT2D eigenvalue weighted by atomic mass is 19.1. The zero-order valence-corrected chi connectivity index (χ0v) is 12.4. The van der Waals surface area contributed by atoms with Crippen molar-refractivity contribution in [1.29, 1.82) is 0 Å². The number of rotatable bonds is 3. The molecule has 1 spiro atoms. The highest BCUT2D eigenvalue weighted by molar-refractivity contribution is 5.30. The maximum atomic E-state index is 13.3. The summed E-state index contributed by atoms with van der Waals surface area (Å²) in [5.74, 6) is 5.98. The summed E-state index contributed by atoms with van der Waals surface area (Å²) in [5, 5.41) is 0. The molecule has 3 rings (SSSR count). The van der Waals surface area contributed by atoms with Gasteiger partial charge in [-0.05, 0) is 48.9 Å². The second kappa shape index (κ2) is 6.01. The van der Waals surface area contributed by atoms with E-state index in [9.17, 15) is 4.39 Å². The maximum absolute atomic E-state index is 13.3. The number of nitrogens with two attached hydrogens (primary N) is 1. The molecule has 2 aliphatic rings. The van der Waals surface area contributed by atoms with Gasteiger partial charge in [0.2, 0.25) is 0 Å². The van der Waals surface area contributed by atoms with Crippen LogP contribution in [0, 0.1) is 18.7 Å². The van der Waals surface area contributed by atoms with Crippen LogP contribution in [0.1, 0.15) is 36.4 Å². The Labute approximate surface area is 124 Å². The minimum absolute atomic E-state index is 0.0203. The topological polar surface area (TPSA) is 56.5 Å². The molecule has 0 radical (unpaired) electrons. The molecule has 3 N–H and O–H groups in total. The van der Waals surface area contributed by atoms with Crippen molar-refractivity contribution in [3.05, 3.63) is 35.1 Å². The van der Waals surface area contributed by atoms with Gasteiger partial charge in [-0.1, -0.05) is 6.07 Å². The predicted octanol–water partition coefficient (Wildman–Crippen LogP) is 2.22. The molecule has 0 aliphatic carbocycles. The molecule has 3 unspecified atom stereocenters. The summed E-state index contributed by atoms with van der Waals surface area (Å²) in [6.45, 7) is 4.09. The van der Waals surface area contributed by atoms with Crippen molar-refractivity contribution >= 4 is 0 Å². The molecule has 4 nitrogen and oxygen atoms in total. The number of hydrazine groups is 1. The molecular weight excluding hydrogens is 271 g/mol. The van der Waals surface area contributed by atoms with Crippen molar-refractivity contribution in [2.24, 2.45) is 11.8 Å². The summed E-state index contributed by atoms with van der Waals surface area (Å²) in [6.07, 6.45) is 2.83. The Morgan fingerprint density at radius 1 is 1.43 bits per heavy atom. The lowest BCUT2D eigenvalue weighted by Gasteiger charge is -2.40. The van der Waals surface area contributed by atoms with Crippen LogP contribution in [0.3, 0.4) is 0 Å². The van der Waals surface area contributed by atoms with E-state index in [1.165, 1.54) is 6.07 Å². The number of hydrogen-bond donors (Lipinski definition) is 2. The van der Waals surface area contributed by atoms with Gasteiger partial charge in [0.25, 0.3) is 0 Å². The van der Waals surface area contributed by atoms with Gasteiger partial charge in [0.15, 0.2) is 0 Å². The van der Waals surface area contributed by atoms with Crippen molar-refractivity contribution in [2.45, 2.75) is 37.8 Å². The fourth-order valence-electron chi connectivity index (χ4n) is 3.68. The molecule has 3 atom stereocenters. The van der Waals surface area contributed by atoms with E-state index in [0.717, 1.165) is 43.6 Å². The number of ether oxygens (including phenoxy) is 2. The first-order valence-corrected chi connectivity index (χ1v) is 7.57. The van der Waals surface area contributed by atoms with Gasteiger partial charge in [0.05, 0.1) is 12.2 Å². The first-order chi connectivity index (χ1) is 10.1. The Hall–Kier alpha value is -1.01. The van der Waals surface area contributed by atoms with Gasteiger partial charge in [-0.2, -0.15) is 0 Å². The molecule has 2 heterocycles. The first-order valence-electron chi connectivity index (χ1n) is 7.57. The lowest BCUT2D eigenvalue weighted by Crippen LogP contribution is -2.45. The number of nitrogens with one attached hydrogen (secondary N) is 1. The number of halogens is 1. The quantitative estimate of drug-likeness (QED) is 0.663. The minimum atomic E-state index is -0.209. The van der Waals surface area contributed by atoms with Crippen molar-refractivity contribution in [3.63, 3.8) is 0 Å². The Balaban J connectivity index is 1.82. The van der Waals surface area contributed by atoms with E-state index in [1.54, 1.807) is 6.07 Å². The fourth-order valence-corrected chi connectivity index (χ4v) is 3.68. The molecule has 116 valence electrons. The average molecular weight is 294 g/mol. The first kappa shape index (κ1) is 14.9. The van der Waals surface area contributed by atoms with Crippen LogP contribution in [0.2, 0.25) is 0 Å². The summed E-state index contributed by atoms with van der Waals surface area (Å²) < 4.78 is 24.8. The zero-order chi connectivity index (χ0) is 14.9. The molecule has 0 aromatic heterocycles. The third-order valence-corrected chi connectivity index (χ3v) is 4.82. The fraction of sp³-hybridized carbons (Fsp3) is 0.625. The zero-order valence-electron chi connectivity index (χ0n) is 12.4. The van der Waals surface area contributed by atoms with Gasteiger partial charge in [-0.3, -0.25) is 11.3 Å². The number of aryl methyl sites for hydroxylation is 1. The Kier molecular flexibility index (Phi) is 4.26. The highest BCUT2D eigenvalue weighted by Gasteiger charge is 2.43. The van der Waals surface area contributed by atoms with Gasteiger partial charge in [0, 0.05) is 25.7 Å². The standard InChI is InChI=1S/C16H23FN2O2/c1-11-8-13(17)2-3-14(11)15(19-18)12-4-6-21-16(9-12)5-7-20-10-16/h2-3,8,12,15,19H,4-7,9-10,18H2,1H3. The van der Waals surface area contributed by atoms with Crippen LogP contribution in [0.25, 0.3) is 0 Å². The molecule has 5 heteroatoms. The SMILES string of the molecule is Cc1cc(F)ccc1C(NN)C1CCOC2(CCOC2)C1. The number of hydrogen-bond acceptors (Lipinski definition) is 4. The third kappa shape index (κ3) is 2.97. The molecule has 1 aromatic carbocycles. The average Bonchev–Trinajstić information content (AvgIpc) is 2.90. The van der Waals surface area contributed by atoms with Crippen molar-refractivity contribution in [1.82, 2.24) is 5.43 Å². The molecule has 2 saturated heterocycles. The highest BCUT2D eigenvalue weighted by Crippen LogP contribution is 2.41. The van der Waals surface area contributed by atoms with E-state index < -0.39 is 0 Å². The van der Waals surface area contributed by atoms with Crippen molar-refractivity contribution in [2.75, 3.05) is 19.8 Å². The summed E-state index contributed by atoms with van der Waals surface area (Å²) >= 11 is 0. The summed E-state index contributed by atoms with van der Waals surface area (Å²) in [5.41, 5.74) is 4.79. The van der Waals surface area contributed by atoms with Gasteiger partial charge in [0.1, 0.15) is 5.82 Å².